The van der Waals surface area contributed by atoms with E-state index in [1.165, 1.54) is 19.3 Å². The number of aryl methyl sites for hydroxylation is 2. The van der Waals surface area contributed by atoms with Crippen LogP contribution in [0.25, 0.3) is 0 Å². The molecule has 2 rings (SSSR count). The van der Waals surface area contributed by atoms with Crippen molar-refractivity contribution in [2.45, 2.75) is 52.0 Å². The van der Waals surface area contributed by atoms with Crippen LogP contribution in [0.1, 0.15) is 53.6 Å². The molecule has 114 valence electrons. The van der Waals surface area contributed by atoms with Gasteiger partial charge in [-0.2, -0.15) is 0 Å². The highest BCUT2D eigenvalue weighted by atomic mass is 32.1. The van der Waals surface area contributed by atoms with Gasteiger partial charge >= 0.3 is 0 Å². The zero-order chi connectivity index (χ0) is 15.4. The van der Waals surface area contributed by atoms with Gasteiger partial charge in [0.1, 0.15) is 0 Å². The molecule has 21 heavy (non-hydrogen) atoms. The van der Waals surface area contributed by atoms with E-state index in [1.54, 1.807) is 0 Å². The lowest BCUT2D eigenvalue weighted by molar-refractivity contribution is 0.0931. The van der Waals surface area contributed by atoms with E-state index in [2.05, 4.69) is 11.4 Å². The van der Waals surface area contributed by atoms with Gasteiger partial charge in [-0.1, -0.05) is 48.7 Å². The molecule has 0 aromatic heterocycles. The van der Waals surface area contributed by atoms with Crippen molar-refractivity contribution < 1.29 is 4.79 Å². The maximum atomic E-state index is 12.5. The first-order valence-electron chi connectivity index (χ1n) is 7.66. The molecular weight excluding hydrogens is 280 g/mol. The Bertz CT molecular complexity index is 515. The first kappa shape index (κ1) is 16.0. The normalized spacial score (nSPS) is 17.2. The molecule has 1 saturated carbocycles. The molecule has 0 heterocycles. The summed E-state index contributed by atoms with van der Waals surface area (Å²) >= 11 is 5.18. The summed E-state index contributed by atoms with van der Waals surface area (Å²) in [6.07, 6.45) is 5.85. The summed E-state index contributed by atoms with van der Waals surface area (Å²) < 4.78 is 0. The summed E-state index contributed by atoms with van der Waals surface area (Å²) in [4.78, 5) is 12.9. The van der Waals surface area contributed by atoms with Crippen molar-refractivity contribution >= 4 is 23.1 Å². The van der Waals surface area contributed by atoms with Crippen LogP contribution in [0.2, 0.25) is 0 Å². The zero-order valence-electron chi connectivity index (χ0n) is 12.8. The van der Waals surface area contributed by atoms with Gasteiger partial charge in [0, 0.05) is 5.56 Å². The molecule has 4 heteroatoms. The van der Waals surface area contributed by atoms with Crippen molar-refractivity contribution in [3.8, 4) is 0 Å². The molecule has 1 atom stereocenters. The third kappa shape index (κ3) is 4.27. The molecule has 1 aromatic rings. The molecule has 1 aromatic carbocycles. The summed E-state index contributed by atoms with van der Waals surface area (Å²) in [5, 5.41) is 3.05. The smallest absolute Gasteiger partial charge is 0.251 e. The Morgan fingerprint density at radius 3 is 2.29 bits per heavy atom. The largest absolute Gasteiger partial charge is 0.392 e. The van der Waals surface area contributed by atoms with E-state index in [9.17, 15) is 4.79 Å². The van der Waals surface area contributed by atoms with E-state index in [-0.39, 0.29) is 11.9 Å². The van der Waals surface area contributed by atoms with Gasteiger partial charge in [-0.3, -0.25) is 4.79 Å². The average Bonchev–Trinajstić information content (AvgIpc) is 2.44. The minimum absolute atomic E-state index is 0.0785. The monoisotopic (exact) mass is 304 g/mol. The van der Waals surface area contributed by atoms with Crippen LogP contribution in [0, 0.1) is 19.8 Å². The lowest BCUT2D eigenvalue weighted by Crippen LogP contribution is -2.48. The van der Waals surface area contributed by atoms with Crippen LogP contribution in [0.3, 0.4) is 0 Å². The van der Waals surface area contributed by atoms with E-state index < -0.39 is 0 Å². The number of rotatable bonds is 4. The Kier molecular flexibility index (Phi) is 5.34. The molecule has 3 nitrogen and oxygen atoms in total. The van der Waals surface area contributed by atoms with Crippen molar-refractivity contribution in [2.75, 3.05) is 0 Å². The molecule has 0 radical (unpaired) electrons. The molecule has 1 aliphatic carbocycles. The van der Waals surface area contributed by atoms with Gasteiger partial charge in [0.2, 0.25) is 0 Å². The highest BCUT2D eigenvalue weighted by Gasteiger charge is 2.27. The third-order valence-corrected chi connectivity index (χ3v) is 4.45. The van der Waals surface area contributed by atoms with Crippen LogP contribution < -0.4 is 11.1 Å². The van der Waals surface area contributed by atoms with E-state index in [1.807, 2.05) is 26.0 Å². The molecule has 0 aliphatic heterocycles. The fourth-order valence-corrected chi connectivity index (χ4v) is 3.47. The van der Waals surface area contributed by atoms with E-state index >= 15 is 0 Å². The van der Waals surface area contributed by atoms with Crippen molar-refractivity contribution in [2.24, 2.45) is 11.7 Å². The van der Waals surface area contributed by atoms with Gasteiger partial charge in [0.25, 0.3) is 5.91 Å². The second-order valence-electron chi connectivity index (χ2n) is 6.13. The zero-order valence-corrected chi connectivity index (χ0v) is 13.6. The lowest BCUT2D eigenvalue weighted by atomic mass is 9.83. The number of hydrogen-bond donors (Lipinski definition) is 2. The number of nitrogens with one attached hydrogen (secondary N) is 1. The summed E-state index contributed by atoms with van der Waals surface area (Å²) in [5.74, 6) is 0.302. The number of nitrogens with two attached hydrogens (primary N) is 1. The minimum Gasteiger partial charge on any atom is -0.392 e. The average molecular weight is 304 g/mol. The quantitative estimate of drug-likeness (QED) is 0.839. The van der Waals surface area contributed by atoms with Crippen molar-refractivity contribution in [3.63, 3.8) is 0 Å². The molecule has 1 fully saturated rings. The fraction of sp³-hybridized carbons (Fsp3) is 0.529. The number of carbonyl (C=O) groups excluding carboxylic acids is 1. The number of amides is 1. The summed E-state index contributed by atoms with van der Waals surface area (Å²) in [5.41, 5.74) is 8.73. The molecule has 3 N–H and O–H groups in total. The van der Waals surface area contributed by atoms with Crippen LogP contribution in [-0.4, -0.2) is 16.9 Å². The highest BCUT2D eigenvalue weighted by molar-refractivity contribution is 7.80. The second kappa shape index (κ2) is 7.03. The van der Waals surface area contributed by atoms with Gasteiger partial charge < -0.3 is 11.1 Å². The van der Waals surface area contributed by atoms with Crippen LogP contribution >= 0.6 is 12.2 Å². The first-order chi connectivity index (χ1) is 9.97. The molecular formula is C17H24N2OS. The van der Waals surface area contributed by atoms with Gasteiger partial charge in [-0.15, -0.1) is 0 Å². The maximum absolute atomic E-state index is 12.5. The Balaban J connectivity index is 2.12. The number of hydrogen-bond acceptors (Lipinski definition) is 2. The predicted molar refractivity (Wildman–Crippen MR) is 90.5 cm³/mol. The molecule has 0 saturated heterocycles. The Labute approximate surface area is 132 Å². The van der Waals surface area contributed by atoms with Crippen LogP contribution in [-0.2, 0) is 0 Å². The van der Waals surface area contributed by atoms with E-state index in [4.69, 9.17) is 18.0 Å². The topological polar surface area (TPSA) is 55.1 Å². The second-order valence-corrected chi connectivity index (χ2v) is 6.60. The van der Waals surface area contributed by atoms with Crippen LogP contribution in [0.5, 0.6) is 0 Å². The SMILES string of the molecule is Cc1cc(C)cc(C(=O)NC(C(N)=S)C2CCCCC2)c1. The Morgan fingerprint density at radius 2 is 1.76 bits per heavy atom. The van der Waals surface area contributed by atoms with Gasteiger partial charge in [0.15, 0.2) is 0 Å². The maximum Gasteiger partial charge on any atom is 0.251 e. The highest BCUT2D eigenvalue weighted by Crippen LogP contribution is 2.27. The third-order valence-electron chi connectivity index (χ3n) is 4.20. The van der Waals surface area contributed by atoms with Crippen LogP contribution in [0.15, 0.2) is 18.2 Å². The molecule has 0 bridgehead atoms. The van der Waals surface area contributed by atoms with Crippen molar-refractivity contribution in [1.82, 2.24) is 5.32 Å². The number of carbonyl (C=O) groups is 1. The molecule has 0 spiro atoms. The number of thiocarbonyl (C=S) groups is 1. The summed E-state index contributed by atoms with van der Waals surface area (Å²) in [6.45, 7) is 3.99. The molecule has 1 amide bonds. The van der Waals surface area contributed by atoms with Gasteiger partial charge in [-0.05, 0) is 44.7 Å². The number of benzene rings is 1. The van der Waals surface area contributed by atoms with Gasteiger partial charge in [0.05, 0.1) is 11.0 Å². The summed E-state index contributed by atoms with van der Waals surface area (Å²) in [7, 11) is 0. The fourth-order valence-electron chi connectivity index (χ4n) is 3.22. The van der Waals surface area contributed by atoms with Crippen molar-refractivity contribution in [1.29, 1.82) is 0 Å². The first-order valence-corrected chi connectivity index (χ1v) is 8.06. The molecule has 1 aliphatic rings. The van der Waals surface area contributed by atoms with E-state index in [0.29, 0.717) is 16.5 Å². The molecule has 1 unspecified atom stereocenters. The Morgan fingerprint density at radius 1 is 1.19 bits per heavy atom. The van der Waals surface area contributed by atoms with E-state index in [0.717, 1.165) is 24.0 Å². The predicted octanol–water partition coefficient (Wildman–Crippen LogP) is 3.27. The lowest BCUT2D eigenvalue weighted by Gasteiger charge is -2.30. The van der Waals surface area contributed by atoms with Gasteiger partial charge in [-0.25, -0.2) is 0 Å². The minimum atomic E-state index is -0.186. The van der Waals surface area contributed by atoms with Crippen LogP contribution in [0.4, 0.5) is 0 Å². The van der Waals surface area contributed by atoms with Crippen molar-refractivity contribution in [3.05, 3.63) is 34.9 Å². The summed E-state index contributed by atoms with van der Waals surface area (Å²) in [6, 6.07) is 5.68. The standard InChI is InChI=1S/C17H24N2OS/c1-11-8-12(2)10-14(9-11)17(20)19-15(16(18)21)13-6-4-3-5-7-13/h8-10,13,15H,3-7H2,1-2H3,(H2,18,21)(H,19,20). The Hall–Kier alpha value is -1.42.